The van der Waals surface area contributed by atoms with Gasteiger partial charge in [-0.15, -0.1) is 0 Å². The van der Waals surface area contributed by atoms with Crippen LogP contribution in [0.2, 0.25) is 0 Å². The summed E-state index contributed by atoms with van der Waals surface area (Å²) in [7, 11) is 0. The summed E-state index contributed by atoms with van der Waals surface area (Å²) in [5, 5.41) is 8.62. The van der Waals surface area contributed by atoms with Gasteiger partial charge in [0.2, 0.25) is 0 Å². The number of benzene rings is 1. The standard InChI is InChI=1S/C9H10BrF2NO/c10-5-3-6(8(13)1-2-14)9(12)7(11)4-5/h3-4,8,14H,1-2,13H2. The van der Waals surface area contributed by atoms with E-state index in [0.717, 1.165) is 6.07 Å². The number of nitrogens with two attached hydrogens (primary N) is 1. The third-order valence-corrected chi connectivity index (χ3v) is 2.32. The highest BCUT2D eigenvalue weighted by molar-refractivity contribution is 9.10. The van der Waals surface area contributed by atoms with Crippen molar-refractivity contribution in [2.24, 2.45) is 5.73 Å². The Morgan fingerprint density at radius 2 is 2.07 bits per heavy atom. The third kappa shape index (κ3) is 2.50. The van der Waals surface area contributed by atoms with Gasteiger partial charge in [-0.3, -0.25) is 0 Å². The van der Waals surface area contributed by atoms with Crippen molar-refractivity contribution in [2.75, 3.05) is 6.61 Å². The minimum atomic E-state index is -0.950. The van der Waals surface area contributed by atoms with Gasteiger partial charge in [-0.05, 0) is 18.6 Å². The predicted molar refractivity (Wildman–Crippen MR) is 52.7 cm³/mol. The van der Waals surface area contributed by atoms with Crippen LogP contribution in [0.25, 0.3) is 0 Å². The van der Waals surface area contributed by atoms with Crippen LogP contribution in [0.15, 0.2) is 16.6 Å². The second kappa shape index (κ2) is 4.82. The molecule has 0 spiro atoms. The van der Waals surface area contributed by atoms with Crippen LogP contribution in [0.1, 0.15) is 18.0 Å². The fourth-order valence-electron chi connectivity index (χ4n) is 1.14. The fraction of sp³-hybridized carbons (Fsp3) is 0.333. The summed E-state index contributed by atoms with van der Waals surface area (Å²) in [6.07, 6.45) is 0.201. The molecule has 0 fully saturated rings. The average molecular weight is 266 g/mol. The topological polar surface area (TPSA) is 46.2 Å². The molecular formula is C9H10BrF2NO. The summed E-state index contributed by atoms with van der Waals surface area (Å²) in [6, 6.07) is 1.76. The molecule has 0 bridgehead atoms. The van der Waals surface area contributed by atoms with Crippen molar-refractivity contribution in [1.29, 1.82) is 0 Å². The molecule has 0 saturated heterocycles. The van der Waals surface area contributed by atoms with Gasteiger partial charge in [-0.25, -0.2) is 8.78 Å². The van der Waals surface area contributed by atoms with Gasteiger partial charge >= 0.3 is 0 Å². The molecule has 2 nitrogen and oxygen atoms in total. The summed E-state index contributed by atoms with van der Waals surface area (Å²) < 4.78 is 26.5. The SMILES string of the molecule is NC(CCO)c1cc(Br)cc(F)c1F. The van der Waals surface area contributed by atoms with E-state index in [-0.39, 0.29) is 18.6 Å². The van der Waals surface area contributed by atoms with Crippen LogP contribution in [0.3, 0.4) is 0 Å². The van der Waals surface area contributed by atoms with E-state index in [1.165, 1.54) is 6.07 Å². The zero-order valence-corrected chi connectivity index (χ0v) is 8.89. The third-order valence-electron chi connectivity index (χ3n) is 1.86. The van der Waals surface area contributed by atoms with Crippen molar-refractivity contribution in [3.63, 3.8) is 0 Å². The van der Waals surface area contributed by atoms with E-state index in [1.54, 1.807) is 0 Å². The molecule has 14 heavy (non-hydrogen) atoms. The number of hydrogen-bond acceptors (Lipinski definition) is 2. The Morgan fingerprint density at radius 1 is 1.43 bits per heavy atom. The fourth-order valence-corrected chi connectivity index (χ4v) is 1.59. The van der Waals surface area contributed by atoms with E-state index >= 15 is 0 Å². The minimum Gasteiger partial charge on any atom is -0.396 e. The first-order chi connectivity index (χ1) is 6.56. The van der Waals surface area contributed by atoms with E-state index < -0.39 is 17.7 Å². The molecule has 5 heteroatoms. The van der Waals surface area contributed by atoms with Crippen LogP contribution in [0.4, 0.5) is 8.78 Å². The molecule has 0 amide bonds. The lowest BCUT2D eigenvalue weighted by Gasteiger charge is -2.12. The van der Waals surface area contributed by atoms with Crippen LogP contribution in [-0.4, -0.2) is 11.7 Å². The van der Waals surface area contributed by atoms with Crippen LogP contribution in [-0.2, 0) is 0 Å². The first-order valence-electron chi connectivity index (χ1n) is 4.07. The quantitative estimate of drug-likeness (QED) is 0.823. The predicted octanol–water partition coefficient (Wildman–Crippen LogP) is 2.11. The molecule has 0 aliphatic carbocycles. The summed E-state index contributed by atoms with van der Waals surface area (Å²) in [6.45, 7) is -0.158. The van der Waals surface area contributed by atoms with E-state index in [4.69, 9.17) is 10.8 Å². The van der Waals surface area contributed by atoms with Gasteiger partial charge in [0.15, 0.2) is 11.6 Å². The highest BCUT2D eigenvalue weighted by Crippen LogP contribution is 2.24. The van der Waals surface area contributed by atoms with Crippen molar-refractivity contribution in [3.8, 4) is 0 Å². The molecule has 1 rings (SSSR count). The Hall–Kier alpha value is -0.520. The minimum absolute atomic E-state index is 0.0749. The van der Waals surface area contributed by atoms with Gasteiger partial charge in [0.1, 0.15) is 0 Å². The van der Waals surface area contributed by atoms with Crippen molar-refractivity contribution < 1.29 is 13.9 Å². The molecule has 1 unspecified atom stereocenters. The molecule has 0 aliphatic rings. The normalized spacial score (nSPS) is 12.9. The van der Waals surface area contributed by atoms with Crippen molar-refractivity contribution in [1.82, 2.24) is 0 Å². The summed E-state index contributed by atoms with van der Waals surface area (Å²) >= 11 is 3.04. The first-order valence-corrected chi connectivity index (χ1v) is 4.86. The second-order valence-corrected chi connectivity index (χ2v) is 3.83. The van der Waals surface area contributed by atoms with Gasteiger partial charge < -0.3 is 10.8 Å². The average Bonchev–Trinajstić information content (AvgIpc) is 2.11. The lowest BCUT2D eigenvalue weighted by Crippen LogP contribution is -2.14. The molecule has 1 aromatic carbocycles. The lowest BCUT2D eigenvalue weighted by atomic mass is 10.0. The van der Waals surface area contributed by atoms with Crippen molar-refractivity contribution in [3.05, 3.63) is 33.8 Å². The Morgan fingerprint density at radius 3 is 2.64 bits per heavy atom. The monoisotopic (exact) mass is 265 g/mol. The summed E-state index contributed by atoms with van der Waals surface area (Å²) in [5.74, 6) is -1.89. The van der Waals surface area contributed by atoms with Crippen molar-refractivity contribution in [2.45, 2.75) is 12.5 Å². The van der Waals surface area contributed by atoms with E-state index in [2.05, 4.69) is 15.9 Å². The van der Waals surface area contributed by atoms with Crippen molar-refractivity contribution >= 4 is 15.9 Å². The first kappa shape index (κ1) is 11.6. The zero-order chi connectivity index (χ0) is 10.7. The number of hydrogen-bond donors (Lipinski definition) is 2. The maximum Gasteiger partial charge on any atom is 0.163 e. The molecule has 0 radical (unpaired) electrons. The summed E-state index contributed by atoms with van der Waals surface area (Å²) in [5.41, 5.74) is 5.63. The Balaban J connectivity index is 3.07. The lowest BCUT2D eigenvalue weighted by molar-refractivity contribution is 0.275. The van der Waals surface area contributed by atoms with Crippen LogP contribution in [0.5, 0.6) is 0 Å². The van der Waals surface area contributed by atoms with E-state index in [9.17, 15) is 8.78 Å². The molecule has 0 saturated carbocycles. The molecule has 3 N–H and O–H groups in total. The molecule has 0 heterocycles. The number of aliphatic hydroxyl groups excluding tert-OH is 1. The highest BCUT2D eigenvalue weighted by atomic mass is 79.9. The number of halogens is 3. The van der Waals surface area contributed by atoms with Gasteiger partial charge in [0.05, 0.1) is 0 Å². The van der Waals surface area contributed by atoms with E-state index in [0.29, 0.717) is 4.47 Å². The second-order valence-electron chi connectivity index (χ2n) is 2.91. The number of aliphatic hydroxyl groups is 1. The zero-order valence-electron chi connectivity index (χ0n) is 7.30. The Kier molecular flexibility index (Phi) is 3.97. The van der Waals surface area contributed by atoms with Crippen LogP contribution in [0, 0.1) is 11.6 Å². The molecule has 1 atom stereocenters. The maximum absolute atomic E-state index is 13.2. The molecule has 78 valence electrons. The van der Waals surface area contributed by atoms with Gasteiger partial charge in [0, 0.05) is 22.7 Å². The Bertz CT molecular complexity index is 333. The maximum atomic E-state index is 13.2. The number of rotatable bonds is 3. The Labute approximate surface area is 88.9 Å². The highest BCUT2D eigenvalue weighted by Gasteiger charge is 2.15. The summed E-state index contributed by atoms with van der Waals surface area (Å²) in [4.78, 5) is 0. The van der Waals surface area contributed by atoms with Gasteiger partial charge in [-0.2, -0.15) is 0 Å². The molecule has 1 aromatic rings. The molecule has 0 aromatic heterocycles. The largest absolute Gasteiger partial charge is 0.396 e. The van der Waals surface area contributed by atoms with E-state index in [1.807, 2.05) is 0 Å². The molecule has 0 aliphatic heterocycles. The molecular weight excluding hydrogens is 256 g/mol. The smallest absolute Gasteiger partial charge is 0.163 e. The van der Waals surface area contributed by atoms with Gasteiger partial charge in [0.25, 0.3) is 0 Å². The van der Waals surface area contributed by atoms with Crippen LogP contribution < -0.4 is 5.73 Å². The van der Waals surface area contributed by atoms with Crippen LogP contribution >= 0.6 is 15.9 Å². The van der Waals surface area contributed by atoms with Gasteiger partial charge in [-0.1, -0.05) is 15.9 Å².